The number of hydrogen-bond donors (Lipinski definition) is 3. The van der Waals surface area contributed by atoms with Gasteiger partial charge in [-0.1, -0.05) is 66.2 Å². The third-order valence-corrected chi connectivity index (χ3v) is 5.77. The van der Waals surface area contributed by atoms with Gasteiger partial charge in [0.05, 0.1) is 10.6 Å². The molecule has 3 aromatic carbocycles. The van der Waals surface area contributed by atoms with E-state index in [9.17, 15) is 14.4 Å². The highest BCUT2D eigenvalue weighted by atomic mass is 35.5. The highest BCUT2D eigenvalue weighted by Crippen LogP contribution is 2.44. The van der Waals surface area contributed by atoms with Gasteiger partial charge < -0.3 is 20.5 Å². The Morgan fingerprint density at radius 1 is 0.971 bits per heavy atom. The normalized spacial score (nSPS) is 12.1. The number of rotatable bonds is 7. The fraction of sp³-hybridized carbons (Fsp3) is 0.115. The van der Waals surface area contributed by atoms with Gasteiger partial charge in [0.15, 0.2) is 0 Å². The summed E-state index contributed by atoms with van der Waals surface area (Å²) < 4.78 is 5.44. The van der Waals surface area contributed by atoms with Crippen molar-refractivity contribution in [3.8, 4) is 11.1 Å². The number of fused-ring (bicyclic) bond motifs is 3. The van der Waals surface area contributed by atoms with Crippen molar-refractivity contribution in [2.24, 2.45) is 0 Å². The van der Waals surface area contributed by atoms with E-state index in [0.29, 0.717) is 5.69 Å². The standard InChI is InChI=1S/C26H21ClN2O5/c27-23-12-11-16(14-21(23)25(31)32)29-24(30)10-5-13-28-26(33)34-15-22-19-8-3-1-6-17(19)18-7-2-4-9-20(18)22/h1-12,14,22H,13,15H2,(H,28,33)(H,29,30)(H,31,32)/b10-5+. The summed E-state index contributed by atoms with van der Waals surface area (Å²) in [6.07, 6.45) is 2.11. The number of ether oxygens (including phenoxy) is 1. The molecular formula is C26H21ClN2O5. The second-order valence-corrected chi connectivity index (χ2v) is 8.01. The summed E-state index contributed by atoms with van der Waals surface area (Å²) in [5.41, 5.74) is 4.73. The molecule has 7 nitrogen and oxygen atoms in total. The number of benzene rings is 3. The minimum absolute atomic E-state index is 0.0328. The third kappa shape index (κ3) is 5.10. The van der Waals surface area contributed by atoms with Crippen LogP contribution in [-0.2, 0) is 9.53 Å². The molecule has 0 aliphatic heterocycles. The Balaban J connectivity index is 1.26. The third-order valence-electron chi connectivity index (χ3n) is 5.44. The number of amides is 2. The fourth-order valence-corrected chi connectivity index (χ4v) is 4.11. The van der Waals surface area contributed by atoms with Crippen LogP contribution >= 0.6 is 11.6 Å². The Kier molecular flexibility index (Phi) is 6.94. The van der Waals surface area contributed by atoms with E-state index in [1.807, 2.05) is 36.4 Å². The van der Waals surface area contributed by atoms with E-state index in [1.54, 1.807) is 0 Å². The van der Waals surface area contributed by atoms with Gasteiger partial charge in [-0.15, -0.1) is 0 Å². The summed E-state index contributed by atoms with van der Waals surface area (Å²) in [6, 6.07) is 20.3. The summed E-state index contributed by atoms with van der Waals surface area (Å²) in [6.45, 7) is 0.289. The van der Waals surface area contributed by atoms with Crippen LogP contribution in [0.5, 0.6) is 0 Å². The van der Waals surface area contributed by atoms with Gasteiger partial charge in [-0.25, -0.2) is 9.59 Å². The van der Waals surface area contributed by atoms with Crippen molar-refractivity contribution in [1.82, 2.24) is 5.32 Å². The lowest BCUT2D eigenvalue weighted by Crippen LogP contribution is -2.26. The van der Waals surface area contributed by atoms with Gasteiger partial charge in [0.2, 0.25) is 5.91 Å². The van der Waals surface area contributed by atoms with Gasteiger partial charge in [0.25, 0.3) is 0 Å². The number of carbonyl (C=O) groups is 3. The molecule has 3 N–H and O–H groups in total. The number of hydrogen-bond acceptors (Lipinski definition) is 4. The van der Waals surface area contributed by atoms with E-state index in [0.717, 1.165) is 22.3 Å². The molecule has 34 heavy (non-hydrogen) atoms. The Bertz CT molecular complexity index is 1240. The van der Waals surface area contributed by atoms with Crippen molar-refractivity contribution >= 4 is 35.3 Å². The molecule has 0 atom stereocenters. The number of nitrogens with one attached hydrogen (secondary N) is 2. The number of aromatic carboxylic acids is 1. The van der Waals surface area contributed by atoms with Gasteiger partial charge in [0, 0.05) is 24.2 Å². The zero-order valence-electron chi connectivity index (χ0n) is 18.0. The first-order valence-corrected chi connectivity index (χ1v) is 10.9. The van der Waals surface area contributed by atoms with E-state index < -0.39 is 18.0 Å². The number of halogens is 1. The molecule has 0 spiro atoms. The lowest BCUT2D eigenvalue weighted by Gasteiger charge is -2.14. The van der Waals surface area contributed by atoms with Gasteiger partial charge >= 0.3 is 12.1 Å². The first-order chi connectivity index (χ1) is 16.4. The molecule has 0 bridgehead atoms. The predicted molar refractivity (Wildman–Crippen MR) is 129 cm³/mol. The summed E-state index contributed by atoms with van der Waals surface area (Å²) in [7, 11) is 0. The smallest absolute Gasteiger partial charge is 0.407 e. The molecule has 0 saturated heterocycles. The maximum absolute atomic E-state index is 12.2. The number of anilines is 1. The first-order valence-electron chi connectivity index (χ1n) is 10.5. The quantitative estimate of drug-likeness (QED) is 0.413. The minimum Gasteiger partial charge on any atom is -0.478 e. The van der Waals surface area contributed by atoms with Crippen LogP contribution in [0, 0.1) is 0 Å². The molecule has 8 heteroatoms. The molecule has 0 heterocycles. The van der Waals surface area contributed by atoms with Crippen molar-refractivity contribution in [3.63, 3.8) is 0 Å². The van der Waals surface area contributed by atoms with E-state index in [4.69, 9.17) is 21.4 Å². The van der Waals surface area contributed by atoms with Crippen molar-refractivity contribution in [3.05, 3.63) is 101 Å². The van der Waals surface area contributed by atoms with Crippen LogP contribution in [-0.4, -0.2) is 36.2 Å². The number of carboxylic acid groups (broad SMARTS) is 1. The lowest BCUT2D eigenvalue weighted by atomic mass is 9.98. The monoisotopic (exact) mass is 476 g/mol. The Hall–Kier alpha value is -4.10. The summed E-state index contributed by atoms with van der Waals surface area (Å²) in [5, 5.41) is 14.3. The summed E-state index contributed by atoms with van der Waals surface area (Å²) in [5.74, 6) is -1.70. The van der Waals surface area contributed by atoms with Crippen molar-refractivity contribution in [2.45, 2.75) is 5.92 Å². The second-order valence-electron chi connectivity index (χ2n) is 7.60. The molecular weight excluding hydrogens is 456 g/mol. The maximum atomic E-state index is 12.2. The zero-order valence-corrected chi connectivity index (χ0v) is 18.7. The average molecular weight is 477 g/mol. The van der Waals surface area contributed by atoms with Gasteiger partial charge in [-0.2, -0.15) is 0 Å². The molecule has 2 amide bonds. The summed E-state index contributed by atoms with van der Waals surface area (Å²) in [4.78, 5) is 35.3. The van der Waals surface area contributed by atoms with Crippen LogP contribution in [0.25, 0.3) is 11.1 Å². The Morgan fingerprint density at radius 3 is 2.26 bits per heavy atom. The second kappa shape index (κ2) is 10.2. The first kappa shape index (κ1) is 23.1. The van der Waals surface area contributed by atoms with Crippen molar-refractivity contribution in [1.29, 1.82) is 0 Å². The molecule has 1 aliphatic rings. The van der Waals surface area contributed by atoms with Crippen LogP contribution in [0.4, 0.5) is 10.5 Å². The number of carbonyl (C=O) groups excluding carboxylic acids is 2. The maximum Gasteiger partial charge on any atom is 0.407 e. The molecule has 1 aliphatic carbocycles. The van der Waals surface area contributed by atoms with E-state index in [-0.39, 0.29) is 29.7 Å². The van der Waals surface area contributed by atoms with Crippen molar-refractivity contribution < 1.29 is 24.2 Å². The lowest BCUT2D eigenvalue weighted by molar-refractivity contribution is -0.111. The Labute approximate surface area is 201 Å². The average Bonchev–Trinajstić information content (AvgIpc) is 3.15. The van der Waals surface area contributed by atoms with Gasteiger partial charge in [0.1, 0.15) is 6.61 Å². The number of carboxylic acids is 1. The molecule has 0 fully saturated rings. The Morgan fingerprint density at radius 2 is 1.62 bits per heavy atom. The molecule has 0 aromatic heterocycles. The predicted octanol–water partition coefficient (Wildman–Crippen LogP) is 5.07. The highest BCUT2D eigenvalue weighted by molar-refractivity contribution is 6.33. The highest BCUT2D eigenvalue weighted by Gasteiger charge is 2.28. The van der Waals surface area contributed by atoms with E-state index >= 15 is 0 Å². The van der Waals surface area contributed by atoms with Crippen LogP contribution in [0.1, 0.15) is 27.4 Å². The van der Waals surface area contributed by atoms with Gasteiger partial charge in [-0.05, 0) is 40.5 Å². The van der Waals surface area contributed by atoms with Crippen LogP contribution < -0.4 is 10.6 Å². The largest absolute Gasteiger partial charge is 0.478 e. The van der Waals surface area contributed by atoms with Crippen LogP contribution in [0.3, 0.4) is 0 Å². The van der Waals surface area contributed by atoms with Crippen LogP contribution in [0.15, 0.2) is 78.9 Å². The molecule has 0 saturated carbocycles. The molecule has 0 unspecified atom stereocenters. The summed E-state index contributed by atoms with van der Waals surface area (Å²) >= 11 is 5.82. The molecule has 172 valence electrons. The van der Waals surface area contributed by atoms with E-state index in [1.165, 1.54) is 30.4 Å². The van der Waals surface area contributed by atoms with Gasteiger partial charge in [-0.3, -0.25) is 4.79 Å². The molecule has 0 radical (unpaired) electrons. The van der Waals surface area contributed by atoms with Crippen LogP contribution in [0.2, 0.25) is 5.02 Å². The fourth-order valence-electron chi connectivity index (χ4n) is 3.91. The minimum atomic E-state index is -1.19. The zero-order chi connectivity index (χ0) is 24.1. The topological polar surface area (TPSA) is 105 Å². The molecule has 4 rings (SSSR count). The SMILES string of the molecule is O=C(/C=C/CNC(=O)OCC1c2ccccc2-c2ccccc21)Nc1ccc(Cl)c(C(=O)O)c1. The van der Waals surface area contributed by atoms with Crippen molar-refractivity contribution in [2.75, 3.05) is 18.5 Å². The molecule has 3 aromatic rings. The van der Waals surface area contributed by atoms with E-state index in [2.05, 4.69) is 22.8 Å². The number of alkyl carbamates (subject to hydrolysis) is 1.